The lowest BCUT2D eigenvalue weighted by Gasteiger charge is -2.08. The summed E-state index contributed by atoms with van der Waals surface area (Å²) in [6.45, 7) is 6.22. The Morgan fingerprint density at radius 1 is 1.37 bits per heavy atom. The molecule has 2 rings (SSSR count). The predicted molar refractivity (Wildman–Crippen MR) is 77.0 cm³/mol. The lowest BCUT2D eigenvalue weighted by Crippen LogP contribution is -2.01. The molecule has 0 radical (unpaired) electrons. The van der Waals surface area contributed by atoms with Crippen molar-refractivity contribution >= 4 is 23.1 Å². The van der Waals surface area contributed by atoms with Gasteiger partial charge in [-0.15, -0.1) is 0 Å². The van der Waals surface area contributed by atoms with Gasteiger partial charge in [0.25, 0.3) is 0 Å². The summed E-state index contributed by atoms with van der Waals surface area (Å²) in [7, 11) is 1.90. The van der Waals surface area contributed by atoms with Crippen LogP contribution in [0.5, 0.6) is 0 Å². The maximum absolute atomic E-state index is 5.99. The molecule has 0 atom stereocenters. The van der Waals surface area contributed by atoms with Gasteiger partial charge in [-0.3, -0.25) is 4.68 Å². The molecule has 0 aliphatic rings. The Morgan fingerprint density at radius 3 is 2.74 bits per heavy atom. The van der Waals surface area contributed by atoms with Gasteiger partial charge in [-0.1, -0.05) is 32.4 Å². The lowest BCUT2D eigenvalue weighted by atomic mass is 10.1. The van der Waals surface area contributed by atoms with Crippen LogP contribution in [0.2, 0.25) is 5.15 Å². The van der Waals surface area contributed by atoms with Gasteiger partial charge in [-0.2, -0.15) is 5.10 Å². The average Bonchev–Trinajstić information content (AvgIpc) is 2.69. The molecule has 0 spiro atoms. The zero-order chi connectivity index (χ0) is 14.0. The highest BCUT2D eigenvalue weighted by Crippen LogP contribution is 2.25. The van der Waals surface area contributed by atoms with E-state index in [4.69, 9.17) is 11.6 Å². The van der Waals surface area contributed by atoms with Crippen LogP contribution in [0.3, 0.4) is 0 Å². The van der Waals surface area contributed by atoms with Crippen molar-refractivity contribution in [2.75, 3.05) is 5.32 Å². The Kier molecular flexibility index (Phi) is 4.04. The smallest absolute Gasteiger partial charge is 0.135 e. The first-order valence-electron chi connectivity index (χ1n) is 6.33. The summed E-state index contributed by atoms with van der Waals surface area (Å²) in [6, 6.07) is 1.72. The second-order valence-corrected chi connectivity index (χ2v) is 5.11. The predicted octanol–water partition coefficient (Wildman–Crippen LogP) is 3.29. The number of hydrogen-bond donors (Lipinski definition) is 1. The van der Waals surface area contributed by atoms with Gasteiger partial charge < -0.3 is 5.32 Å². The van der Waals surface area contributed by atoms with Crippen molar-refractivity contribution in [3.05, 3.63) is 28.9 Å². The molecule has 0 aromatic carbocycles. The SMILES string of the molecule is CCc1nc(Cl)cc(Nc2cn(C)nc2C(C)C)n1. The Hall–Kier alpha value is -1.62. The number of aromatic nitrogens is 4. The van der Waals surface area contributed by atoms with E-state index in [2.05, 4.69) is 34.2 Å². The molecule has 2 aromatic rings. The first-order valence-corrected chi connectivity index (χ1v) is 6.71. The van der Waals surface area contributed by atoms with Gasteiger partial charge in [0.15, 0.2) is 0 Å². The standard InChI is InChI=1S/C13H18ClN5/c1-5-11-16-10(14)6-12(17-11)15-9-7-19(4)18-13(9)8(2)3/h6-8H,5H2,1-4H3,(H,15,16,17). The Morgan fingerprint density at radius 2 is 2.11 bits per heavy atom. The number of nitrogens with zero attached hydrogens (tertiary/aromatic N) is 4. The van der Waals surface area contributed by atoms with Crippen molar-refractivity contribution in [3.63, 3.8) is 0 Å². The second-order valence-electron chi connectivity index (χ2n) is 4.73. The third kappa shape index (κ3) is 3.23. The molecule has 0 amide bonds. The van der Waals surface area contributed by atoms with E-state index in [-0.39, 0.29) is 0 Å². The van der Waals surface area contributed by atoms with Crippen molar-refractivity contribution < 1.29 is 0 Å². The summed E-state index contributed by atoms with van der Waals surface area (Å²) in [5.41, 5.74) is 1.96. The summed E-state index contributed by atoms with van der Waals surface area (Å²) < 4.78 is 1.79. The van der Waals surface area contributed by atoms with Crippen molar-refractivity contribution in [3.8, 4) is 0 Å². The molecule has 19 heavy (non-hydrogen) atoms. The number of nitrogens with one attached hydrogen (secondary N) is 1. The topological polar surface area (TPSA) is 55.6 Å². The summed E-state index contributed by atoms with van der Waals surface area (Å²) in [6.07, 6.45) is 2.69. The third-order valence-corrected chi connectivity index (χ3v) is 2.92. The van der Waals surface area contributed by atoms with E-state index in [1.807, 2.05) is 20.2 Å². The fraction of sp³-hybridized carbons (Fsp3) is 0.462. The number of halogens is 1. The molecule has 0 unspecified atom stereocenters. The fourth-order valence-corrected chi connectivity index (χ4v) is 2.05. The largest absolute Gasteiger partial charge is 0.337 e. The van der Waals surface area contributed by atoms with Crippen LogP contribution < -0.4 is 5.32 Å². The molecular formula is C13H18ClN5. The quantitative estimate of drug-likeness (QED) is 0.873. The molecule has 0 saturated carbocycles. The highest BCUT2D eigenvalue weighted by Gasteiger charge is 2.12. The van der Waals surface area contributed by atoms with Gasteiger partial charge in [0, 0.05) is 25.7 Å². The first kappa shape index (κ1) is 13.8. The van der Waals surface area contributed by atoms with Crippen LogP contribution >= 0.6 is 11.6 Å². The summed E-state index contributed by atoms with van der Waals surface area (Å²) >= 11 is 5.99. The molecule has 5 nitrogen and oxygen atoms in total. The van der Waals surface area contributed by atoms with Crippen LogP contribution in [0.1, 0.15) is 38.2 Å². The number of aryl methyl sites for hydroxylation is 2. The fourth-order valence-electron chi connectivity index (χ4n) is 1.85. The molecule has 0 saturated heterocycles. The van der Waals surface area contributed by atoms with Gasteiger partial charge >= 0.3 is 0 Å². The Labute approximate surface area is 118 Å². The van der Waals surface area contributed by atoms with Crippen LogP contribution in [0.15, 0.2) is 12.3 Å². The number of hydrogen-bond acceptors (Lipinski definition) is 4. The highest BCUT2D eigenvalue weighted by molar-refractivity contribution is 6.29. The van der Waals surface area contributed by atoms with Crippen molar-refractivity contribution in [2.45, 2.75) is 33.1 Å². The normalized spacial score (nSPS) is 11.1. The molecule has 2 aromatic heterocycles. The second kappa shape index (κ2) is 5.57. The van der Waals surface area contributed by atoms with Gasteiger partial charge in [-0.05, 0) is 5.92 Å². The molecule has 1 N–H and O–H groups in total. The molecule has 2 heterocycles. The van der Waals surface area contributed by atoms with Gasteiger partial charge in [0.1, 0.15) is 16.8 Å². The molecule has 102 valence electrons. The molecule has 6 heteroatoms. The first-order chi connectivity index (χ1) is 8.99. The summed E-state index contributed by atoms with van der Waals surface area (Å²) in [5, 5.41) is 8.17. The zero-order valence-electron chi connectivity index (χ0n) is 11.6. The minimum absolute atomic E-state index is 0.339. The van der Waals surface area contributed by atoms with Crippen LogP contribution in [0.4, 0.5) is 11.5 Å². The van der Waals surface area contributed by atoms with Crippen molar-refractivity contribution in [1.82, 2.24) is 19.7 Å². The molecule has 0 fully saturated rings. The average molecular weight is 280 g/mol. The summed E-state index contributed by atoms with van der Waals surface area (Å²) in [5.74, 6) is 1.77. The molecular weight excluding hydrogens is 262 g/mol. The monoisotopic (exact) mass is 279 g/mol. The van der Waals surface area contributed by atoms with Crippen molar-refractivity contribution in [2.24, 2.45) is 7.05 Å². The molecule has 0 aliphatic heterocycles. The van der Waals surface area contributed by atoms with Crippen LogP contribution in [-0.2, 0) is 13.5 Å². The number of rotatable bonds is 4. The van der Waals surface area contributed by atoms with E-state index in [1.165, 1.54) is 0 Å². The molecule has 0 bridgehead atoms. The minimum atomic E-state index is 0.339. The van der Waals surface area contributed by atoms with E-state index in [9.17, 15) is 0 Å². The Balaban J connectivity index is 2.33. The van der Waals surface area contributed by atoms with E-state index in [1.54, 1.807) is 10.7 Å². The maximum atomic E-state index is 5.99. The van der Waals surface area contributed by atoms with Gasteiger partial charge in [0.2, 0.25) is 0 Å². The summed E-state index contributed by atoms with van der Waals surface area (Å²) in [4.78, 5) is 8.56. The lowest BCUT2D eigenvalue weighted by molar-refractivity contribution is 0.713. The zero-order valence-corrected chi connectivity index (χ0v) is 12.4. The minimum Gasteiger partial charge on any atom is -0.337 e. The van der Waals surface area contributed by atoms with E-state index < -0.39 is 0 Å². The van der Waals surface area contributed by atoms with Crippen LogP contribution in [-0.4, -0.2) is 19.7 Å². The van der Waals surface area contributed by atoms with Gasteiger partial charge in [-0.25, -0.2) is 9.97 Å². The van der Waals surface area contributed by atoms with E-state index in [0.717, 1.165) is 23.6 Å². The van der Waals surface area contributed by atoms with E-state index >= 15 is 0 Å². The highest BCUT2D eigenvalue weighted by atomic mass is 35.5. The Bertz CT molecular complexity index is 576. The number of anilines is 2. The van der Waals surface area contributed by atoms with E-state index in [0.29, 0.717) is 16.9 Å². The van der Waals surface area contributed by atoms with Crippen molar-refractivity contribution in [1.29, 1.82) is 0 Å². The maximum Gasteiger partial charge on any atom is 0.135 e. The molecule has 0 aliphatic carbocycles. The van der Waals surface area contributed by atoms with Gasteiger partial charge in [0.05, 0.1) is 11.4 Å². The third-order valence-electron chi connectivity index (χ3n) is 2.72. The van der Waals surface area contributed by atoms with Crippen LogP contribution in [0, 0.1) is 0 Å². The van der Waals surface area contributed by atoms with Crippen LogP contribution in [0.25, 0.3) is 0 Å².